The number of hydrogen-bond acceptors (Lipinski definition) is 0. The Morgan fingerprint density at radius 1 is 1.00 bits per heavy atom. The van der Waals surface area contributed by atoms with Gasteiger partial charge in [-0.2, -0.15) is 0 Å². The molecule has 0 N–H and O–H groups in total. The maximum absolute atomic E-state index is 5.75. The van der Waals surface area contributed by atoms with E-state index in [9.17, 15) is 0 Å². The molecule has 1 heteroatoms. The van der Waals surface area contributed by atoms with Gasteiger partial charge in [0.1, 0.15) is 0 Å². The van der Waals surface area contributed by atoms with E-state index in [1.54, 1.807) is 0 Å². The van der Waals surface area contributed by atoms with E-state index in [0.29, 0.717) is 5.54 Å². The van der Waals surface area contributed by atoms with E-state index < -0.39 is 8.07 Å². The summed E-state index contributed by atoms with van der Waals surface area (Å²) >= 11 is 0. The van der Waals surface area contributed by atoms with E-state index in [2.05, 4.69) is 33.6 Å². The highest BCUT2D eigenvalue weighted by molar-refractivity contribution is 6.81. The Balaban J connectivity index is 4.40. The number of unbranched alkanes of at least 4 members (excludes halogenated alkanes) is 2. The van der Waals surface area contributed by atoms with Gasteiger partial charge in [-0.1, -0.05) is 65.1 Å². The zero-order chi connectivity index (χ0) is 11.7. The van der Waals surface area contributed by atoms with Crippen molar-refractivity contribution in [2.75, 3.05) is 0 Å². The van der Waals surface area contributed by atoms with Gasteiger partial charge in [-0.15, -0.1) is 12.3 Å². The summed E-state index contributed by atoms with van der Waals surface area (Å²) in [5, 5.41) is 0. The minimum Gasteiger partial charge on any atom is -0.120 e. The van der Waals surface area contributed by atoms with Gasteiger partial charge in [-0.3, -0.25) is 0 Å². The standard InChI is InChI=1S/C14H28Si/c1-6-11-12-13-14(7-2)15(8-3,9-4)10-5/h2,14H,6,8-13H2,1,3-5H3. The van der Waals surface area contributed by atoms with Crippen LogP contribution in [0.3, 0.4) is 0 Å². The van der Waals surface area contributed by atoms with Gasteiger partial charge in [0, 0.05) is 5.54 Å². The first-order chi connectivity index (χ1) is 7.20. The molecule has 0 saturated carbocycles. The quantitative estimate of drug-likeness (QED) is 0.306. The summed E-state index contributed by atoms with van der Waals surface area (Å²) in [4.78, 5) is 0. The van der Waals surface area contributed by atoms with Gasteiger partial charge < -0.3 is 0 Å². The van der Waals surface area contributed by atoms with Crippen LogP contribution in [-0.2, 0) is 0 Å². The summed E-state index contributed by atoms with van der Waals surface area (Å²) in [7, 11) is -1.13. The molecule has 0 bridgehead atoms. The first kappa shape index (κ1) is 14.8. The highest BCUT2D eigenvalue weighted by atomic mass is 28.3. The largest absolute Gasteiger partial charge is 0.120 e. The lowest BCUT2D eigenvalue weighted by atomic mass is 10.1. The van der Waals surface area contributed by atoms with Gasteiger partial charge in [-0.05, 0) is 6.42 Å². The minimum atomic E-state index is -1.13. The average molecular weight is 224 g/mol. The molecule has 0 aromatic carbocycles. The summed E-state index contributed by atoms with van der Waals surface area (Å²) in [5.41, 5.74) is 0.629. The monoisotopic (exact) mass is 224 g/mol. The molecule has 0 heterocycles. The van der Waals surface area contributed by atoms with Gasteiger partial charge in [-0.25, -0.2) is 0 Å². The molecule has 0 fully saturated rings. The number of rotatable bonds is 8. The van der Waals surface area contributed by atoms with E-state index >= 15 is 0 Å². The molecule has 1 atom stereocenters. The molecule has 88 valence electrons. The predicted molar refractivity (Wildman–Crippen MR) is 73.9 cm³/mol. The lowest BCUT2D eigenvalue weighted by Crippen LogP contribution is -2.37. The minimum absolute atomic E-state index is 0.629. The molecule has 0 amide bonds. The second-order valence-corrected chi connectivity index (χ2v) is 10.2. The molecule has 0 radical (unpaired) electrons. The van der Waals surface area contributed by atoms with Crippen LogP contribution < -0.4 is 0 Å². The molecular formula is C14H28Si. The Bertz CT molecular complexity index is 178. The van der Waals surface area contributed by atoms with Crippen LogP contribution in [0, 0.1) is 12.3 Å². The third-order valence-electron chi connectivity index (χ3n) is 4.15. The van der Waals surface area contributed by atoms with Crippen molar-refractivity contribution in [1.29, 1.82) is 0 Å². The molecule has 15 heavy (non-hydrogen) atoms. The van der Waals surface area contributed by atoms with Crippen LogP contribution >= 0.6 is 0 Å². The van der Waals surface area contributed by atoms with Crippen molar-refractivity contribution in [3.8, 4) is 12.3 Å². The maximum Gasteiger partial charge on any atom is 0.0695 e. The van der Waals surface area contributed by atoms with Gasteiger partial charge >= 0.3 is 0 Å². The Hall–Kier alpha value is -0.223. The van der Waals surface area contributed by atoms with Crippen LogP contribution in [0.5, 0.6) is 0 Å². The van der Waals surface area contributed by atoms with Crippen molar-refractivity contribution < 1.29 is 0 Å². The topological polar surface area (TPSA) is 0 Å². The molecule has 0 saturated heterocycles. The van der Waals surface area contributed by atoms with Crippen molar-refractivity contribution in [2.45, 2.75) is 77.1 Å². The lowest BCUT2D eigenvalue weighted by molar-refractivity contribution is 0.666. The Morgan fingerprint density at radius 2 is 1.53 bits per heavy atom. The lowest BCUT2D eigenvalue weighted by Gasteiger charge is -2.34. The third kappa shape index (κ3) is 4.03. The van der Waals surface area contributed by atoms with Gasteiger partial charge in [0.2, 0.25) is 0 Å². The molecule has 0 rings (SSSR count). The Kier molecular flexibility index (Phi) is 7.87. The van der Waals surface area contributed by atoms with Crippen LogP contribution in [-0.4, -0.2) is 8.07 Å². The molecule has 0 aromatic rings. The molecule has 0 aliphatic heterocycles. The van der Waals surface area contributed by atoms with Crippen molar-refractivity contribution >= 4 is 8.07 Å². The molecular weight excluding hydrogens is 196 g/mol. The normalized spacial score (nSPS) is 13.5. The van der Waals surface area contributed by atoms with Crippen molar-refractivity contribution in [3.63, 3.8) is 0 Å². The Labute approximate surface area is 97.9 Å². The van der Waals surface area contributed by atoms with E-state index in [0.717, 1.165) is 0 Å². The summed E-state index contributed by atoms with van der Waals surface area (Å²) in [5.74, 6) is 3.12. The second-order valence-electron chi connectivity index (χ2n) is 4.64. The fourth-order valence-electron chi connectivity index (χ4n) is 2.65. The third-order valence-corrected chi connectivity index (χ3v) is 10.3. The van der Waals surface area contributed by atoms with Crippen LogP contribution in [0.4, 0.5) is 0 Å². The molecule has 0 aliphatic rings. The highest BCUT2D eigenvalue weighted by Crippen LogP contribution is 2.36. The predicted octanol–water partition coefficient (Wildman–Crippen LogP) is 5.08. The van der Waals surface area contributed by atoms with E-state index in [1.165, 1.54) is 43.8 Å². The zero-order valence-corrected chi connectivity index (χ0v) is 12.1. The molecule has 0 nitrogen and oxygen atoms in total. The summed E-state index contributed by atoms with van der Waals surface area (Å²) in [6.45, 7) is 9.31. The van der Waals surface area contributed by atoms with Gasteiger partial charge in [0.15, 0.2) is 0 Å². The maximum atomic E-state index is 5.75. The first-order valence-electron chi connectivity index (χ1n) is 6.66. The fraction of sp³-hybridized carbons (Fsp3) is 0.857. The van der Waals surface area contributed by atoms with Crippen molar-refractivity contribution in [3.05, 3.63) is 0 Å². The van der Waals surface area contributed by atoms with Crippen LogP contribution in [0.2, 0.25) is 23.7 Å². The van der Waals surface area contributed by atoms with Crippen molar-refractivity contribution in [1.82, 2.24) is 0 Å². The highest BCUT2D eigenvalue weighted by Gasteiger charge is 2.34. The van der Waals surface area contributed by atoms with Crippen LogP contribution in [0.1, 0.15) is 53.4 Å². The fourth-order valence-corrected chi connectivity index (χ4v) is 6.80. The Morgan fingerprint density at radius 3 is 1.87 bits per heavy atom. The smallest absolute Gasteiger partial charge is 0.0695 e. The van der Waals surface area contributed by atoms with E-state index in [1.807, 2.05) is 0 Å². The molecule has 0 aromatic heterocycles. The SMILES string of the molecule is C#CC(CCCCC)[Si](CC)(CC)CC. The van der Waals surface area contributed by atoms with Gasteiger partial charge in [0.25, 0.3) is 0 Å². The first-order valence-corrected chi connectivity index (χ1v) is 9.36. The van der Waals surface area contributed by atoms with Crippen molar-refractivity contribution in [2.24, 2.45) is 0 Å². The van der Waals surface area contributed by atoms with Gasteiger partial charge in [0.05, 0.1) is 8.07 Å². The number of hydrogen-bond donors (Lipinski definition) is 0. The summed E-state index contributed by atoms with van der Waals surface area (Å²) in [6.07, 6.45) is 11.0. The van der Waals surface area contributed by atoms with E-state index in [4.69, 9.17) is 6.42 Å². The number of terminal acetylenes is 1. The summed E-state index contributed by atoms with van der Waals surface area (Å²) in [6, 6.07) is 4.09. The molecule has 0 aliphatic carbocycles. The zero-order valence-electron chi connectivity index (χ0n) is 11.1. The molecule has 1 unspecified atom stereocenters. The second kappa shape index (κ2) is 7.99. The van der Waals surface area contributed by atoms with Crippen LogP contribution in [0.15, 0.2) is 0 Å². The summed E-state index contributed by atoms with van der Waals surface area (Å²) < 4.78 is 0. The van der Waals surface area contributed by atoms with Crippen LogP contribution in [0.25, 0.3) is 0 Å². The average Bonchev–Trinajstić information content (AvgIpc) is 2.29. The van der Waals surface area contributed by atoms with E-state index in [-0.39, 0.29) is 0 Å². The molecule has 0 spiro atoms.